The number of amides is 1. The van der Waals surface area contributed by atoms with Crippen LogP contribution in [0.1, 0.15) is 18.4 Å². The Bertz CT molecular complexity index is 708. The normalized spacial score (nSPS) is 19.6. The van der Waals surface area contributed by atoms with E-state index in [0.717, 1.165) is 37.6 Å². The van der Waals surface area contributed by atoms with Gasteiger partial charge in [-0.25, -0.2) is 9.97 Å². The van der Waals surface area contributed by atoms with Gasteiger partial charge >= 0.3 is 0 Å². The zero-order chi connectivity index (χ0) is 15.2. The summed E-state index contributed by atoms with van der Waals surface area (Å²) in [5.41, 5.74) is 1.87. The number of likely N-dealkylation sites (N-methyl/N-ethyl adjacent to an activating group) is 1. The minimum Gasteiger partial charge on any atom is -0.341 e. The Labute approximate surface area is 129 Å². The molecular weight excluding hydrogens is 276 g/mol. The van der Waals surface area contributed by atoms with Gasteiger partial charge < -0.3 is 9.80 Å². The van der Waals surface area contributed by atoms with Crippen LogP contribution in [0.5, 0.6) is 0 Å². The number of anilines is 2. The number of nitrogens with zero attached hydrogens (tertiary/aromatic N) is 4. The summed E-state index contributed by atoms with van der Waals surface area (Å²) in [6, 6.07) is 9.98. The van der Waals surface area contributed by atoms with Crippen LogP contribution >= 0.6 is 0 Å². The Morgan fingerprint density at radius 3 is 2.45 bits per heavy atom. The molecule has 0 N–H and O–H groups in total. The molecule has 1 saturated heterocycles. The van der Waals surface area contributed by atoms with E-state index in [1.165, 1.54) is 5.56 Å². The van der Waals surface area contributed by atoms with Gasteiger partial charge in [0.15, 0.2) is 0 Å². The number of benzene rings is 1. The van der Waals surface area contributed by atoms with Crippen LogP contribution in [0.15, 0.2) is 42.7 Å². The fourth-order valence-electron chi connectivity index (χ4n) is 3.74. The summed E-state index contributed by atoms with van der Waals surface area (Å²) >= 11 is 0. The van der Waals surface area contributed by atoms with Gasteiger partial charge in [-0.1, -0.05) is 18.2 Å². The molecule has 3 heterocycles. The minimum atomic E-state index is -0.364. The SMILES string of the molecule is CN1C(=O)C2(CCN(c3ncccn3)CC2)c2ccccc21. The van der Waals surface area contributed by atoms with Gasteiger partial charge in [0, 0.05) is 38.2 Å². The van der Waals surface area contributed by atoms with E-state index in [2.05, 4.69) is 20.9 Å². The van der Waals surface area contributed by atoms with Crippen LogP contribution in [0.25, 0.3) is 0 Å². The maximum Gasteiger partial charge on any atom is 0.237 e. The minimum absolute atomic E-state index is 0.224. The number of para-hydroxylation sites is 1. The predicted octanol–water partition coefficient (Wildman–Crippen LogP) is 1.99. The first kappa shape index (κ1) is 13.2. The van der Waals surface area contributed by atoms with Crippen molar-refractivity contribution in [1.82, 2.24) is 9.97 Å². The second kappa shape index (κ2) is 4.80. The summed E-state index contributed by atoms with van der Waals surface area (Å²) < 4.78 is 0. The van der Waals surface area contributed by atoms with Crippen molar-refractivity contribution in [3.8, 4) is 0 Å². The van der Waals surface area contributed by atoms with Gasteiger partial charge in [-0.05, 0) is 30.5 Å². The molecule has 2 aliphatic rings. The largest absolute Gasteiger partial charge is 0.341 e. The zero-order valence-electron chi connectivity index (χ0n) is 12.6. The number of carbonyl (C=O) groups is 1. The molecule has 4 rings (SSSR count). The second-order valence-corrected chi connectivity index (χ2v) is 6.00. The van der Waals surface area contributed by atoms with Crippen LogP contribution in [0.2, 0.25) is 0 Å². The van der Waals surface area contributed by atoms with E-state index in [9.17, 15) is 4.79 Å². The molecule has 1 amide bonds. The molecule has 0 aliphatic carbocycles. The number of hydrogen-bond acceptors (Lipinski definition) is 4. The first-order valence-electron chi connectivity index (χ1n) is 7.62. The maximum atomic E-state index is 12.9. The van der Waals surface area contributed by atoms with Crippen molar-refractivity contribution < 1.29 is 4.79 Å². The van der Waals surface area contributed by atoms with Crippen LogP contribution < -0.4 is 9.80 Å². The van der Waals surface area contributed by atoms with Crippen LogP contribution in [-0.2, 0) is 10.2 Å². The fourth-order valence-corrected chi connectivity index (χ4v) is 3.74. The Morgan fingerprint density at radius 2 is 1.73 bits per heavy atom. The van der Waals surface area contributed by atoms with Crippen molar-refractivity contribution in [2.45, 2.75) is 18.3 Å². The van der Waals surface area contributed by atoms with E-state index in [0.29, 0.717) is 0 Å². The standard InChI is InChI=1S/C17H18N4O/c1-20-14-6-3-2-5-13(14)17(15(20)22)7-11-21(12-8-17)16-18-9-4-10-19-16/h2-6,9-10H,7-8,11-12H2,1H3. The number of rotatable bonds is 1. The third kappa shape index (κ3) is 1.75. The van der Waals surface area contributed by atoms with Crippen molar-refractivity contribution >= 4 is 17.5 Å². The molecule has 1 aromatic heterocycles. The molecule has 5 nitrogen and oxygen atoms in total. The number of fused-ring (bicyclic) bond motifs is 2. The highest BCUT2D eigenvalue weighted by Gasteiger charge is 2.50. The first-order valence-corrected chi connectivity index (χ1v) is 7.62. The molecule has 0 bridgehead atoms. The molecule has 0 saturated carbocycles. The third-order valence-corrected chi connectivity index (χ3v) is 4.95. The lowest BCUT2D eigenvalue weighted by atomic mass is 9.74. The summed E-state index contributed by atoms with van der Waals surface area (Å²) in [5.74, 6) is 0.978. The Morgan fingerprint density at radius 1 is 1.05 bits per heavy atom. The molecule has 0 radical (unpaired) electrons. The summed E-state index contributed by atoms with van der Waals surface area (Å²) in [6.45, 7) is 1.61. The molecule has 0 unspecified atom stereocenters. The highest BCUT2D eigenvalue weighted by atomic mass is 16.2. The van der Waals surface area contributed by atoms with E-state index < -0.39 is 0 Å². The van der Waals surface area contributed by atoms with Gasteiger partial charge in [0.1, 0.15) is 0 Å². The highest BCUT2D eigenvalue weighted by Crippen LogP contribution is 2.47. The molecule has 112 valence electrons. The maximum absolute atomic E-state index is 12.9. The second-order valence-electron chi connectivity index (χ2n) is 6.00. The van der Waals surface area contributed by atoms with Gasteiger partial charge in [-0.2, -0.15) is 0 Å². The van der Waals surface area contributed by atoms with Crippen LogP contribution in [0.4, 0.5) is 11.6 Å². The molecule has 1 fully saturated rings. The molecular formula is C17H18N4O. The van der Waals surface area contributed by atoms with E-state index >= 15 is 0 Å². The predicted molar refractivity (Wildman–Crippen MR) is 85.0 cm³/mol. The van der Waals surface area contributed by atoms with E-state index in [1.807, 2.05) is 36.2 Å². The molecule has 2 aromatic rings. The first-order chi connectivity index (χ1) is 10.7. The van der Waals surface area contributed by atoms with E-state index in [4.69, 9.17) is 0 Å². The van der Waals surface area contributed by atoms with Gasteiger partial charge in [0.05, 0.1) is 5.41 Å². The van der Waals surface area contributed by atoms with E-state index in [1.54, 1.807) is 12.4 Å². The quantitative estimate of drug-likeness (QED) is 0.807. The van der Waals surface area contributed by atoms with Crippen molar-refractivity contribution in [3.05, 3.63) is 48.3 Å². The van der Waals surface area contributed by atoms with Crippen LogP contribution in [0, 0.1) is 0 Å². The smallest absolute Gasteiger partial charge is 0.237 e. The van der Waals surface area contributed by atoms with Crippen LogP contribution in [0.3, 0.4) is 0 Å². The van der Waals surface area contributed by atoms with Gasteiger partial charge in [0.25, 0.3) is 0 Å². The number of aromatic nitrogens is 2. The molecule has 1 aromatic carbocycles. The highest BCUT2D eigenvalue weighted by molar-refractivity contribution is 6.07. The molecule has 5 heteroatoms. The summed E-state index contributed by atoms with van der Waals surface area (Å²) in [6.07, 6.45) is 5.14. The Kier molecular flexibility index (Phi) is 2.89. The average Bonchev–Trinajstić information content (AvgIpc) is 2.80. The zero-order valence-corrected chi connectivity index (χ0v) is 12.6. The topological polar surface area (TPSA) is 49.3 Å². The molecule has 22 heavy (non-hydrogen) atoms. The third-order valence-electron chi connectivity index (χ3n) is 4.95. The van der Waals surface area contributed by atoms with Gasteiger partial charge in [-0.15, -0.1) is 0 Å². The molecule has 1 spiro atoms. The Hall–Kier alpha value is -2.43. The van der Waals surface area contributed by atoms with Gasteiger partial charge in [0.2, 0.25) is 11.9 Å². The van der Waals surface area contributed by atoms with Gasteiger partial charge in [-0.3, -0.25) is 4.79 Å². The molecule has 0 atom stereocenters. The van der Waals surface area contributed by atoms with Crippen molar-refractivity contribution in [3.63, 3.8) is 0 Å². The van der Waals surface area contributed by atoms with Crippen molar-refractivity contribution in [2.24, 2.45) is 0 Å². The average molecular weight is 294 g/mol. The van der Waals surface area contributed by atoms with Crippen LogP contribution in [-0.4, -0.2) is 36.0 Å². The Balaban J connectivity index is 1.64. The lowest BCUT2D eigenvalue weighted by Gasteiger charge is -2.38. The number of piperidine rings is 1. The fraction of sp³-hybridized carbons (Fsp3) is 0.353. The number of hydrogen-bond donors (Lipinski definition) is 0. The van der Waals surface area contributed by atoms with E-state index in [-0.39, 0.29) is 11.3 Å². The monoisotopic (exact) mass is 294 g/mol. The molecule has 2 aliphatic heterocycles. The lowest BCUT2D eigenvalue weighted by molar-refractivity contribution is -0.123. The summed E-state index contributed by atoms with van der Waals surface area (Å²) in [4.78, 5) is 25.5. The van der Waals surface area contributed by atoms with Crippen molar-refractivity contribution in [1.29, 1.82) is 0 Å². The summed E-state index contributed by atoms with van der Waals surface area (Å²) in [5, 5.41) is 0. The summed E-state index contributed by atoms with van der Waals surface area (Å²) in [7, 11) is 1.88. The van der Waals surface area contributed by atoms with Crippen molar-refractivity contribution in [2.75, 3.05) is 29.9 Å². The number of carbonyl (C=O) groups excluding carboxylic acids is 1. The lowest BCUT2D eigenvalue weighted by Crippen LogP contribution is -2.48.